The smallest absolute Gasteiger partial charge is 0.00528 e. The molecule has 0 aromatic heterocycles. The Morgan fingerprint density at radius 3 is 2.44 bits per heavy atom. The molecule has 0 bridgehead atoms. The molecule has 2 unspecified atom stereocenters. The molecule has 0 heterocycles. The van der Waals surface area contributed by atoms with Gasteiger partial charge in [0, 0.05) is 31.8 Å². The zero-order valence-electron chi connectivity index (χ0n) is 10.7. The molecule has 2 rings (SSSR count). The van der Waals surface area contributed by atoms with Gasteiger partial charge in [0.15, 0.2) is 0 Å². The number of aryl methyl sites for hydroxylation is 2. The van der Waals surface area contributed by atoms with Crippen molar-refractivity contribution in [2.75, 3.05) is 0 Å². The van der Waals surface area contributed by atoms with Gasteiger partial charge >= 0.3 is 0 Å². The molecule has 2 atom stereocenters. The average molecular weight is 379 g/mol. The van der Waals surface area contributed by atoms with E-state index in [9.17, 15) is 0 Å². The Bertz CT molecular complexity index is 404. The van der Waals surface area contributed by atoms with Gasteiger partial charge in [-0.05, 0) is 42.0 Å². The van der Waals surface area contributed by atoms with Gasteiger partial charge in [-0.1, -0.05) is 44.6 Å². The van der Waals surface area contributed by atoms with E-state index in [0.29, 0.717) is 5.92 Å². The molecular weight excluding hydrogens is 359 g/mol. The van der Waals surface area contributed by atoms with E-state index in [1.54, 1.807) is 0 Å². The topological polar surface area (TPSA) is 0 Å². The summed E-state index contributed by atoms with van der Waals surface area (Å²) in [5.41, 5.74) is 5.80. The van der Waals surface area contributed by atoms with Crippen LogP contribution >= 0.6 is 0 Å². The van der Waals surface area contributed by atoms with E-state index in [2.05, 4.69) is 52.0 Å². The number of hydrogen-bond acceptors (Lipinski definition) is 0. The van der Waals surface area contributed by atoms with Crippen molar-refractivity contribution in [2.24, 2.45) is 5.92 Å². The number of rotatable bonds is 2. The van der Waals surface area contributed by atoms with Gasteiger partial charge in [0.25, 0.3) is 0 Å². The van der Waals surface area contributed by atoms with Crippen LogP contribution in [0.25, 0.3) is 6.08 Å². The second-order valence-corrected chi connectivity index (χ2v) is 4.84. The van der Waals surface area contributed by atoms with E-state index >= 15 is 0 Å². The molecule has 0 spiro atoms. The summed E-state index contributed by atoms with van der Waals surface area (Å²) in [6.45, 7) is 9.03. The molecule has 1 aromatic carbocycles. The first-order chi connectivity index (χ1) is 7.13. The number of fused-ring (bicyclic) bond motifs is 1. The molecule has 84 valence electrons. The normalized spacial score (nSPS) is 19.1. The maximum atomic E-state index is 2.38. The van der Waals surface area contributed by atoms with Crippen molar-refractivity contribution >= 4 is 6.08 Å². The number of hydrogen-bond donors (Lipinski definition) is 0. The van der Waals surface area contributed by atoms with Gasteiger partial charge in [-0.25, -0.2) is 0 Å². The van der Waals surface area contributed by atoms with Crippen LogP contribution in [0.15, 0.2) is 18.2 Å². The fourth-order valence-electron chi connectivity index (χ4n) is 2.35. The largest absolute Gasteiger partial charge is 0.0761 e. The maximum absolute atomic E-state index is 2.38. The fourth-order valence-corrected chi connectivity index (χ4v) is 2.35. The Labute approximate surface area is 118 Å². The molecular formula is C15H20Hf. The summed E-state index contributed by atoms with van der Waals surface area (Å²) >= 11 is 0. The van der Waals surface area contributed by atoms with Crippen LogP contribution in [0, 0.1) is 19.8 Å². The van der Waals surface area contributed by atoms with Gasteiger partial charge in [-0.2, -0.15) is 0 Å². The third-order valence-electron chi connectivity index (χ3n) is 3.80. The zero-order chi connectivity index (χ0) is 11.0. The quantitative estimate of drug-likeness (QED) is 0.667. The van der Waals surface area contributed by atoms with Crippen molar-refractivity contribution in [1.29, 1.82) is 0 Å². The summed E-state index contributed by atoms with van der Waals surface area (Å²) < 4.78 is 0. The molecule has 0 aliphatic heterocycles. The molecule has 0 N–H and O–H groups in total. The first kappa shape index (κ1) is 13.9. The van der Waals surface area contributed by atoms with Crippen LogP contribution in [0.5, 0.6) is 0 Å². The van der Waals surface area contributed by atoms with Crippen molar-refractivity contribution in [2.45, 2.75) is 40.0 Å². The van der Waals surface area contributed by atoms with Gasteiger partial charge in [0.1, 0.15) is 0 Å². The van der Waals surface area contributed by atoms with Crippen molar-refractivity contribution in [3.05, 3.63) is 40.5 Å². The second-order valence-electron chi connectivity index (χ2n) is 4.84. The summed E-state index contributed by atoms with van der Waals surface area (Å²) in [6.07, 6.45) is 5.91. The molecule has 0 saturated carbocycles. The molecule has 1 aliphatic rings. The van der Waals surface area contributed by atoms with Crippen LogP contribution in [-0.2, 0) is 25.8 Å². The SMILES string of the molecule is CCC(C)C1C=Cc2cc(C)c(C)cc21.[Hf]. The van der Waals surface area contributed by atoms with Gasteiger partial charge in [0.05, 0.1) is 0 Å². The molecule has 16 heavy (non-hydrogen) atoms. The van der Waals surface area contributed by atoms with Crippen molar-refractivity contribution in [3.63, 3.8) is 0 Å². The van der Waals surface area contributed by atoms with Gasteiger partial charge in [0.2, 0.25) is 0 Å². The summed E-state index contributed by atoms with van der Waals surface area (Å²) in [4.78, 5) is 0. The van der Waals surface area contributed by atoms with E-state index in [4.69, 9.17) is 0 Å². The van der Waals surface area contributed by atoms with Crippen LogP contribution in [0.4, 0.5) is 0 Å². The van der Waals surface area contributed by atoms with Crippen molar-refractivity contribution < 1.29 is 25.8 Å². The molecule has 1 aromatic rings. The van der Waals surface area contributed by atoms with Crippen molar-refractivity contribution in [3.8, 4) is 0 Å². The Morgan fingerprint density at radius 2 is 1.81 bits per heavy atom. The maximum Gasteiger partial charge on any atom is 0.00528 e. The summed E-state index contributed by atoms with van der Waals surface area (Å²) in [7, 11) is 0. The third-order valence-corrected chi connectivity index (χ3v) is 3.80. The van der Waals surface area contributed by atoms with Gasteiger partial charge in [-0.3, -0.25) is 0 Å². The van der Waals surface area contributed by atoms with Gasteiger partial charge < -0.3 is 0 Å². The first-order valence-corrected chi connectivity index (χ1v) is 5.92. The van der Waals surface area contributed by atoms with Crippen LogP contribution in [0.1, 0.15) is 48.4 Å². The second kappa shape index (κ2) is 5.44. The predicted octanol–water partition coefficient (Wildman–Crippen LogP) is 4.46. The molecule has 0 saturated heterocycles. The Hall–Kier alpha value is -0.170. The molecule has 0 fully saturated rings. The minimum atomic E-state index is 0. The monoisotopic (exact) mass is 380 g/mol. The van der Waals surface area contributed by atoms with Crippen LogP contribution in [0.3, 0.4) is 0 Å². The van der Waals surface area contributed by atoms with Crippen LogP contribution < -0.4 is 0 Å². The predicted molar refractivity (Wildman–Crippen MR) is 67.1 cm³/mol. The van der Waals surface area contributed by atoms with E-state index in [1.165, 1.54) is 28.7 Å². The average Bonchev–Trinajstić information content (AvgIpc) is 2.61. The third kappa shape index (κ3) is 2.40. The van der Waals surface area contributed by atoms with E-state index in [1.807, 2.05) is 0 Å². The van der Waals surface area contributed by atoms with Crippen molar-refractivity contribution in [1.82, 2.24) is 0 Å². The first-order valence-electron chi connectivity index (χ1n) is 5.92. The summed E-state index contributed by atoms with van der Waals surface area (Å²) in [5, 5.41) is 0. The van der Waals surface area contributed by atoms with Crippen LogP contribution in [-0.4, -0.2) is 0 Å². The van der Waals surface area contributed by atoms with E-state index < -0.39 is 0 Å². The summed E-state index contributed by atoms with van der Waals surface area (Å²) in [6, 6.07) is 4.70. The number of benzene rings is 1. The molecule has 0 radical (unpaired) electrons. The fraction of sp³-hybridized carbons (Fsp3) is 0.467. The molecule has 0 amide bonds. The molecule has 0 nitrogen and oxygen atoms in total. The van der Waals surface area contributed by atoms with E-state index in [0.717, 1.165) is 5.92 Å². The zero-order valence-corrected chi connectivity index (χ0v) is 14.3. The van der Waals surface area contributed by atoms with Crippen LogP contribution in [0.2, 0.25) is 0 Å². The Kier molecular flexibility index (Phi) is 4.73. The number of allylic oxidation sites excluding steroid dienone is 1. The minimum Gasteiger partial charge on any atom is -0.0761 e. The molecule has 1 aliphatic carbocycles. The van der Waals surface area contributed by atoms with Gasteiger partial charge in [-0.15, -0.1) is 0 Å². The summed E-state index contributed by atoms with van der Waals surface area (Å²) in [5.74, 6) is 1.40. The molecule has 1 heteroatoms. The minimum absolute atomic E-state index is 0. The Balaban J connectivity index is 0.00000128. The van der Waals surface area contributed by atoms with E-state index in [-0.39, 0.29) is 25.8 Å². The standard InChI is InChI=1S/C15H20.Hf/c1-5-10(2)14-7-6-13-8-11(3)12(4)9-15(13)14;/h6-10,14H,5H2,1-4H3;. The Morgan fingerprint density at radius 1 is 1.19 bits per heavy atom.